The van der Waals surface area contributed by atoms with Gasteiger partial charge in [0.25, 0.3) is 0 Å². The molecule has 0 aromatic carbocycles. The zero-order chi connectivity index (χ0) is 11.7. The number of nitrogens with zero attached hydrogens (tertiary/aromatic N) is 4. The maximum atomic E-state index is 11.4. The average molecular weight is 222 g/mol. The van der Waals surface area contributed by atoms with Crippen LogP contribution in [-0.2, 0) is 9.59 Å². The molecule has 2 heterocycles. The lowest BCUT2D eigenvalue weighted by molar-refractivity contribution is -0.132. The van der Waals surface area contributed by atoms with Crippen LogP contribution in [0.3, 0.4) is 0 Å². The van der Waals surface area contributed by atoms with Gasteiger partial charge in [-0.3, -0.25) is 9.59 Å². The van der Waals surface area contributed by atoms with Gasteiger partial charge in [-0.25, -0.2) is 10.0 Å². The fraction of sp³-hybridized carbons (Fsp3) is 0.600. The van der Waals surface area contributed by atoms with Crippen molar-refractivity contribution in [2.75, 3.05) is 13.1 Å². The van der Waals surface area contributed by atoms with Crippen molar-refractivity contribution < 1.29 is 9.59 Å². The van der Waals surface area contributed by atoms with E-state index in [4.69, 9.17) is 0 Å². The van der Waals surface area contributed by atoms with E-state index in [9.17, 15) is 9.59 Å². The summed E-state index contributed by atoms with van der Waals surface area (Å²) in [5.41, 5.74) is 1.63. The summed E-state index contributed by atoms with van der Waals surface area (Å²) in [5, 5.41) is 11.0. The molecule has 0 atom stereocenters. The van der Waals surface area contributed by atoms with E-state index in [1.807, 2.05) is 13.8 Å². The molecule has 0 spiro atoms. The Labute approximate surface area is 93.6 Å². The van der Waals surface area contributed by atoms with Gasteiger partial charge in [0.05, 0.1) is 25.9 Å². The van der Waals surface area contributed by atoms with Gasteiger partial charge in [0.15, 0.2) is 0 Å². The SMILES string of the molecule is CC1=NN(CCN2N=C(C)CC2=O)C(=O)C1. The van der Waals surface area contributed by atoms with Crippen LogP contribution in [0, 0.1) is 0 Å². The largest absolute Gasteiger partial charge is 0.273 e. The van der Waals surface area contributed by atoms with Crippen LogP contribution in [0.5, 0.6) is 0 Å². The lowest BCUT2D eigenvalue weighted by atomic mass is 10.3. The minimum absolute atomic E-state index is 0.00940. The second-order valence-corrected chi connectivity index (χ2v) is 4.06. The van der Waals surface area contributed by atoms with Gasteiger partial charge in [-0.15, -0.1) is 0 Å². The summed E-state index contributed by atoms with van der Waals surface area (Å²) >= 11 is 0. The Morgan fingerprint density at radius 3 is 1.56 bits per heavy atom. The van der Waals surface area contributed by atoms with E-state index in [2.05, 4.69) is 10.2 Å². The normalized spacial score (nSPS) is 20.6. The second-order valence-electron chi connectivity index (χ2n) is 4.06. The van der Waals surface area contributed by atoms with E-state index in [1.165, 1.54) is 10.0 Å². The molecule has 0 unspecified atom stereocenters. The van der Waals surface area contributed by atoms with Crippen molar-refractivity contribution in [3.8, 4) is 0 Å². The predicted molar refractivity (Wildman–Crippen MR) is 58.9 cm³/mol. The van der Waals surface area contributed by atoms with Crippen LogP contribution in [-0.4, -0.2) is 46.3 Å². The maximum Gasteiger partial charge on any atom is 0.248 e. The van der Waals surface area contributed by atoms with Crippen molar-refractivity contribution in [3.05, 3.63) is 0 Å². The summed E-state index contributed by atoms with van der Waals surface area (Å²) < 4.78 is 0. The molecule has 0 saturated carbocycles. The quantitative estimate of drug-likeness (QED) is 0.684. The Hall–Kier alpha value is -1.72. The van der Waals surface area contributed by atoms with Gasteiger partial charge < -0.3 is 0 Å². The number of hydrogen-bond donors (Lipinski definition) is 0. The lowest BCUT2D eigenvalue weighted by Crippen LogP contribution is -2.32. The van der Waals surface area contributed by atoms with Gasteiger partial charge in [-0.2, -0.15) is 10.2 Å². The van der Waals surface area contributed by atoms with Crippen LogP contribution in [0.4, 0.5) is 0 Å². The summed E-state index contributed by atoms with van der Waals surface area (Å²) in [7, 11) is 0. The zero-order valence-electron chi connectivity index (χ0n) is 9.43. The van der Waals surface area contributed by atoms with Crippen LogP contribution in [0.2, 0.25) is 0 Å². The van der Waals surface area contributed by atoms with E-state index in [0.29, 0.717) is 25.9 Å². The van der Waals surface area contributed by atoms with E-state index in [0.717, 1.165) is 11.4 Å². The first-order chi connectivity index (χ1) is 7.56. The Bertz CT molecular complexity index is 362. The fourth-order valence-electron chi connectivity index (χ4n) is 1.75. The van der Waals surface area contributed by atoms with Crippen molar-refractivity contribution in [2.45, 2.75) is 26.7 Å². The molecular weight excluding hydrogens is 208 g/mol. The third-order valence-electron chi connectivity index (χ3n) is 2.50. The monoisotopic (exact) mass is 222 g/mol. The first kappa shape index (κ1) is 10.8. The molecule has 0 aliphatic carbocycles. The molecule has 2 aliphatic heterocycles. The van der Waals surface area contributed by atoms with Gasteiger partial charge in [0.1, 0.15) is 0 Å². The standard InChI is InChI=1S/C10H14N4O2/c1-7-5-9(15)13(11-7)3-4-14-10(16)6-8(2)12-14/h3-6H2,1-2H3. The van der Waals surface area contributed by atoms with E-state index in [1.54, 1.807) is 0 Å². The lowest BCUT2D eigenvalue weighted by Gasteiger charge is -2.16. The molecule has 0 saturated heterocycles. The summed E-state index contributed by atoms with van der Waals surface area (Å²) in [6.07, 6.45) is 0.770. The molecule has 6 nitrogen and oxygen atoms in total. The van der Waals surface area contributed by atoms with Crippen molar-refractivity contribution in [3.63, 3.8) is 0 Å². The summed E-state index contributed by atoms with van der Waals surface area (Å²) in [5.74, 6) is -0.0188. The third-order valence-corrected chi connectivity index (χ3v) is 2.50. The minimum Gasteiger partial charge on any atom is -0.273 e. The molecule has 0 radical (unpaired) electrons. The van der Waals surface area contributed by atoms with E-state index < -0.39 is 0 Å². The molecule has 2 rings (SSSR count). The van der Waals surface area contributed by atoms with Crippen LogP contribution >= 0.6 is 0 Å². The highest BCUT2D eigenvalue weighted by Gasteiger charge is 2.25. The highest BCUT2D eigenvalue weighted by Crippen LogP contribution is 2.10. The molecule has 0 bridgehead atoms. The topological polar surface area (TPSA) is 65.3 Å². The van der Waals surface area contributed by atoms with Crippen LogP contribution in [0.15, 0.2) is 10.2 Å². The maximum absolute atomic E-state index is 11.4. The van der Waals surface area contributed by atoms with Crippen molar-refractivity contribution in [2.24, 2.45) is 10.2 Å². The van der Waals surface area contributed by atoms with Crippen molar-refractivity contribution in [1.29, 1.82) is 0 Å². The number of amides is 2. The smallest absolute Gasteiger partial charge is 0.248 e. The molecule has 16 heavy (non-hydrogen) atoms. The number of rotatable bonds is 3. The van der Waals surface area contributed by atoms with Crippen molar-refractivity contribution >= 4 is 23.2 Å². The van der Waals surface area contributed by atoms with Gasteiger partial charge >= 0.3 is 0 Å². The Morgan fingerprint density at radius 1 is 0.938 bits per heavy atom. The molecule has 2 amide bonds. The van der Waals surface area contributed by atoms with E-state index >= 15 is 0 Å². The molecule has 0 N–H and O–H groups in total. The van der Waals surface area contributed by atoms with E-state index in [-0.39, 0.29) is 11.8 Å². The first-order valence-electron chi connectivity index (χ1n) is 5.25. The van der Waals surface area contributed by atoms with Crippen molar-refractivity contribution in [1.82, 2.24) is 10.0 Å². The molecule has 2 aliphatic rings. The van der Waals surface area contributed by atoms with Crippen LogP contribution in [0.25, 0.3) is 0 Å². The molecular formula is C10H14N4O2. The number of hydrogen-bond acceptors (Lipinski definition) is 4. The molecule has 0 aromatic heterocycles. The molecule has 6 heteroatoms. The van der Waals surface area contributed by atoms with Gasteiger partial charge in [0, 0.05) is 11.4 Å². The van der Waals surface area contributed by atoms with Crippen LogP contribution in [0.1, 0.15) is 26.7 Å². The van der Waals surface area contributed by atoms with Gasteiger partial charge in [-0.05, 0) is 13.8 Å². The average Bonchev–Trinajstić information content (AvgIpc) is 2.66. The number of hydrazone groups is 2. The second kappa shape index (κ2) is 4.03. The highest BCUT2D eigenvalue weighted by molar-refractivity contribution is 6.04. The summed E-state index contributed by atoms with van der Waals surface area (Å²) in [4.78, 5) is 22.8. The fourth-order valence-corrected chi connectivity index (χ4v) is 1.75. The van der Waals surface area contributed by atoms with Gasteiger partial charge in [0.2, 0.25) is 11.8 Å². The summed E-state index contributed by atoms with van der Waals surface area (Å²) in [6.45, 7) is 4.47. The third kappa shape index (κ3) is 2.10. The van der Waals surface area contributed by atoms with Crippen LogP contribution < -0.4 is 0 Å². The molecule has 0 aromatic rings. The molecule has 86 valence electrons. The predicted octanol–water partition coefficient (Wildman–Crippen LogP) is 0.203. The van der Waals surface area contributed by atoms with Gasteiger partial charge in [-0.1, -0.05) is 0 Å². The number of carbonyl (C=O) groups excluding carboxylic acids is 2. The Kier molecular flexibility index (Phi) is 2.72. The number of carbonyl (C=O) groups is 2. The minimum atomic E-state index is -0.00940. The summed E-state index contributed by atoms with van der Waals surface area (Å²) in [6, 6.07) is 0. The molecule has 0 fully saturated rings. The Morgan fingerprint density at radius 2 is 1.31 bits per heavy atom. The first-order valence-corrected chi connectivity index (χ1v) is 5.25. The Balaban J connectivity index is 1.89. The zero-order valence-corrected chi connectivity index (χ0v) is 9.43. The highest BCUT2D eigenvalue weighted by atomic mass is 16.2.